The van der Waals surface area contributed by atoms with Gasteiger partial charge in [-0.05, 0) is 30.3 Å². The maximum absolute atomic E-state index is 12.2. The van der Waals surface area contributed by atoms with E-state index in [-0.39, 0.29) is 5.91 Å². The number of rotatable bonds is 2. The van der Waals surface area contributed by atoms with Crippen LogP contribution in [0.2, 0.25) is 0 Å². The molecule has 1 heterocycles. The molecule has 0 saturated heterocycles. The zero-order valence-electron chi connectivity index (χ0n) is 10.6. The zero-order valence-corrected chi connectivity index (χ0v) is 11.5. The molecule has 1 N–H and O–H groups in total. The Labute approximate surface area is 122 Å². The first kappa shape index (κ1) is 12.7. The number of pyridine rings is 1. The summed E-state index contributed by atoms with van der Waals surface area (Å²) in [4.78, 5) is 17.1. The van der Waals surface area contributed by atoms with E-state index in [0.717, 1.165) is 21.4 Å². The number of fused-ring (bicyclic) bond motifs is 1. The second-order valence-electron chi connectivity index (χ2n) is 4.41. The lowest BCUT2D eigenvalue weighted by atomic mass is 10.1. The molecule has 0 aliphatic rings. The largest absolute Gasteiger partial charge is 0.321 e. The van der Waals surface area contributed by atoms with Crippen LogP contribution in [-0.4, -0.2) is 10.9 Å². The van der Waals surface area contributed by atoms with Gasteiger partial charge in [-0.15, -0.1) is 12.6 Å². The highest BCUT2D eigenvalue weighted by Gasteiger charge is 2.08. The summed E-state index contributed by atoms with van der Waals surface area (Å²) in [5.74, 6) is -0.148. The number of nitrogens with zero attached hydrogens (tertiary/aromatic N) is 1. The molecule has 0 fully saturated rings. The minimum Gasteiger partial charge on any atom is -0.321 e. The Hall–Kier alpha value is -2.33. The van der Waals surface area contributed by atoms with E-state index in [9.17, 15) is 4.79 Å². The minimum atomic E-state index is -0.148. The van der Waals surface area contributed by atoms with Crippen LogP contribution in [0.4, 0.5) is 5.69 Å². The van der Waals surface area contributed by atoms with Crippen LogP contribution < -0.4 is 5.32 Å². The third-order valence-corrected chi connectivity index (χ3v) is 3.32. The van der Waals surface area contributed by atoms with E-state index in [2.05, 4.69) is 22.9 Å². The molecule has 0 aliphatic heterocycles. The van der Waals surface area contributed by atoms with Crippen molar-refractivity contribution in [3.8, 4) is 0 Å². The number of carbonyl (C=O) groups is 1. The smallest absolute Gasteiger partial charge is 0.255 e. The summed E-state index contributed by atoms with van der Waals surface area (Å²) in [5.41, 5.74) is 1.36. The second-order valence-corrected chi connectivity index (χ2v) is 4.92. The molecule has 0 atom stereocenters. The van der Waals surface area contributed by atoms with Crippen molar-refractivity contribution in [2.45, 2.75) is 4.90 Å². The summed E-state index contributed by atoms with van der Waals surface area (Å²) in [6, 6.07) is 14.8. The first-order valence-corrected chi connectivity index (χ1v) is 6.62. The van der Waals surface area contributed by atoms with Crippen LogP contribution in [0.3, 0.4) is 0 Å². The molecule has 0 radical (unpaired) electrons. The highest BCUT2D eigenvalue weighted by molar-refractivity contribution is 7.80. The van der Waals surface area contributed by atoms with Gasteiger partial charge in [0.15, 0.2) is 0 Å². The number of nitrogens with one attached hydrogen (secondary N) is 1. The molecule has 0 bridgehead atoms. The van der Waals surface area contributed by atoms with Crippen molar-refractivity contribution in [3.05, 3.63) is 66.5 Å². The lowest BCUT2D eigenvalue weighted by Gasteiger charge is -2.08. The Morgan fingerprint density at radius 1 is 1.10 bits per heavy atom. The molecule has 3 nitrogen and oxygen atoms in total. The number of hydrogen-bond acceptors (Lipinski definition) is 3. The number of amides is 1. The maximum Gasteiger partial charge on any atom is 0.255 e. The van der Waals surface area contributed by atoms with Gasteiger partial charge < -0.3 is 5.32 Å². The summed E-state index contributed by atoms with van der Waals surface area (Å²) in [6.45, 7) is 0. The molecular weight excluding hydrogens is 268 g/mol. The highest BCUT2D eigenvalue weighted by atomic mass is 32.1. The fraction of sp³-hybridized carbons (Fsp3) is 0. The number of aromatic nitrogens is 1. The summed E-state index contributed by atoms with van der Waals surface area (Å²) in [7, 11) is 0. The standard InChI is InChI=1S/C16H12N2OS/c19-16(11-3-1-5-13(20)9-11)18-15-6-2-4-12-10-17-8-7-14(12)15/h1-10,20H,(H,18,19). The van der Waals surface area contributed by atoms with Crippen LogP contribution in [0.15, 0.2) is 65.8 Å². The monoisotopic (exact) mass is 280 g/mol. The number of hydrogen-bond donors (Lipinski definition) is 2. The Balaban J connectivity index is 1.95. The predicted octanol–water partition coefficient (Wildman–Crippen LogP) is 3.78. The Bertz CT molecular complexity index is 781. The number of anilines is 1. The second kappa shape index (κ2) is 5.35. The van der Waals surface area contributed by atoms with E-state index >= 15 is 0 Å². The van der Waals surface area contributed by atoms with Crippen LogP contribution >= 0.6 is 12.6 Å². The van der Waals surface area contributed by atoms with Gasteiger partial charge >= 0.3 is 0 Å². The summed E-state index contributed by atoms with van der Waals surface area (Å²) >= 11 is 4.25. The molecule has 3 rings (SSSR count). The minimum absolute atomic E-state index is 0.148. The highest BCUT2D eigenvalue weighted by Crippen LogP contribution is 2.23. The lowest BCUT2D eigenvalue weighted by molar-refractivity contribution is 0.102. The molecule has 0 aliphatic carbocycles. The van der Waals surface area contributed by atoms with Crippen LogP contribution in [0.1, 0.15) is 10.4 Å². The van der Waals surface area contributed by atoms with Gasteiger partial charge in [-0.25, -0.2) is 0 Å². The molecular formula is C16H12N2OS. The lowest BCUT2D eigenvalue weighted by Crippen LogP contribution is -2.12. The zero-order chi connectivity index (χ0) is 13.9. The van der Waals surface area contributed by atoms with E-state index in [1.165, 1.54) is 0 Å². The van der Waals surface area contributed by atoms with E-state index in [0.29, 0.717) is 5.56 Å². The molecule has 0 spiro atoms. The van der Waals surface area contributed by atoms with Crippen molar-refractivity contribution in [1.29, 1.82) is 0 Å². The maximum atomic E-state index is 12.2. The van der Waals surface area contributed by atoms with E-state index in [1.807, 2.05) is 36.4 Å². The van der Waals surface area contributed by atoms with Crippen LogP contribution in [0.25, 0.3) is 10.8 Å². The Morgan fingerprint density at radius 3 is 2.80 bits per heavy atom. The van der Waals surface area contributed by atoms with Crippen molar-refractivity contribution in [1.82, 2.24) is 4.98 Å². The van der Waals surface area contributed by atoms with Crippen molar-refractivity contribution in [3.63, 3.8) is 0 Å². The average Bonchev–Trinajstić information content (AvgIpc) is 2.47. The Morgan fingerprint density at radius 2 is 1.95 bits per heavy atom. The molecule has 2 aromatic carbocycles. The van der Waals surface area contributed by atoms with Crippen LogP contribution in [-0.2, 0) is 0 Å². The third-order valence-electron chi connectivity index (χ3n) is 3.04. The van der Waals surface area contributed by atoms with Gasteiger partial charge in [-0.2, -0.15) is 0 Å². The molecule has 4 heteroatoms. The summed E-state index contributed by atoms with van der Waals surface area (Å²) in [5, 5.41) is 4.89. The first-order chi connectivity index (χ1) is 9.74. The van der Waals surface area contributed by atoms with Crippen LogP contribution in [0.5, 0.6) is 0 Å². The van der Waals surface area contributed by atoms with Gasteiger partial charge in [0.1, 0.15) is 0 Å². The topological polar surface area (TPSA) is 42.0 Å². The van der Waals surface area contributed by atoms with Crippen LogP contribution in [0, 0.1) is 0 Å². The van der Waals surface area contributed by atoms with E-state index < -0.39 is 0 Å². The fourth-order valence-electron chi connectivity index (χ4n) is 2.07. The van der Waals surface area contributed by atoms with Gasteiger partial charge in [0.05, 0.1) is 0 Å². The fourth-order valence-corrected chi connectivity index (χ4v) is 2.30. The molecule has 98 valence electrons. The number of thiol groups is 1. The normalized spacial score (nSPS) is 10.4. The first-order valence-electron chi connectivity index (χ1n) is 6.17. The van der Waals surface area contributed by atoms with Crippen molar-refractivity contribution >= 4 is 35.0 Å². The van der Waals surface area contributed by atoms with Crippen molar-refractivity contribution in [2.24, 2.45) is 0 Å². The quantitative estimate of drug-likeness (QED) is 0.702. The molecule has 0 saturated carbocycles. The SMILES string of the molecule is O=C(Nc1cccc2cnccc12)c1cccc(S)c1. The van der Waals surface area contributed by atoms with Gasteiger partial charge in [0.25, 0.3) is 5.91 Å². The van der Waals surface area contributed by atoms with Gasteiger partial charge in [-0.1, -0.05) is 18.2 Å². The number of carbonyl (C=O) groups excluding carboxylic acids is 1. The third kappa shape index (κ3) is 2.51. The van der Waals surface area contributed by atoms with Gasteiger partial charge in [0.2, 0.25) is 0 Å². The molecule has 20 heavy (non-hydrogen) atoms. The van der Waals surface area contributed by atoms with Crippen molar-refractivity contribution in [2.75, 3.05) is 5.32 Å². The predicted molar refractivity (Wildman–Crippen MR) is 83.4 cm³/mol. The average molecular weight is 280 g/mol. The Kier molecular flexibility index (Phi) is 3.39. The van der Waals surface area contributed by atoms with E-state index in [4.69, 9.17) is 0 Å². The molecule has 1 aromatic heterocycles. The van der Waals surface area contributed by atoms with Gasteiger partial charge in [-0.3, -0.25) is 9.78 Å². The number of benzene rings is 2. The molecule has 3 aromatic rings. The van der Waals surface area contributed by atoms with Crippen molar-refractivity contribution < 1.29 is 4.79 Å². The molecule has 1 amide bonds. The van der Waals surface area contributed by atoms with E-state index in [1.54, 1.807) is 24.5 Å². The summed E-state index contributed by atoms with van der Waals surface area (Å²) < 4.78 is 0. The molecule has 0 unspecified atom stereocenters. The summed E-state index contributed by atoms with van der Waals surface area (Å²) in [6.07, 6.45) is 3.49. The van der Waals surface area contributed by atoms with Gasteiger partial charge in [0, 0.05) is 39.3 Å².